The van der Waals surface area contributed by atoms with Crippen molar-refractivity contribution in [1.82, 2.24) is 5.32 Å². The Labute approximate surface area is 262 Å². The number of hydrogen-bond donors (Lipinski definition) is 3. The van der Waals surface area contributed by atoms with E-state index in [0.29, 0.717) is 58.6 Å². The van der Waals surface area contributed by atoms with Crippen LogP contribution in [0.5, 0.6) is 5.75 Å². The van der Waals surface area contributed by atoms with Crippen molar-refractivity contribution in [2.24, 2.45) is 17.3 Å². The predicted octanol–water partition coefficient (Wildman–Crippen LogP) is 7.68. The zero-order chi connectivity index (χ0) is 32.3. The second-order valence-corrected chi connectivity index (χ2v) is 13.4. The van der Waals surface area contributed by atoms with E-state index >= 15 is 0 Å². The van der Waals surface area contributed by atoms with E-state index in [-0.39, 0.29) is 39.6 Å². The van der Waals surface area contributed by atoms with Gasteiger partial charge in [0.05, 0.1) is 5.56 Å². The molecule has 236 valence electrons. The molecule has 2 aliphatic carbocycles. The van der Waals surface area contributed by atoms with Crippen molar-refractivity contribution in [2.75, 3.05) is 6.54 Å². The molecule has 1 fully saturated rings. The third kappa shape index (κ3) is 7.44. The van der Waals surface area contributed by atoms with Crippen LogP contribution >= 0.6 is 0 Å². The molecule has 3 aliphatic rings. The molecule has 1 saturated carbocycles. The predicted molar refractivity (Wildman–Crippen MR) is 174 cm³/mol. The number of phenolic OH excluding ortho intramolecular Hbond substituents is 1. The van der Waals surface area contributed by atoms with E-state index in [4.69, 9.17) is 4.42 Å². The van der Waals surface area contributed by atoms with Crippen molar-refractivity contribution >= 4 is 28.6 Å². The first-order chi connectivity index (χ1) is 21.4. The summed E-state index contributed by atoms with van der Waals surface area (Å²) >= 11 is 0. The molecule has 3 N–H and O–H groups in total. The summed E-state index contributed by atoms with van der Waals surface area (Å²) in [6.45, 7) is 7.29. The summed E-state index contributed by atoms with van der Waals surface area (Å²) in [5.74, 6) is 0.399. The molecule has 0 radical (unpaired) electrons. The Kier molecular flexibility index (Phi) is 9.42. The Morgan fingerprint density at radius 1 is 0.911 bits per heavy atom. The van der Waals surface area contributed by atoms with Crippen molar-refractivity contribution in [3.05, 3.63) is 75.9 Å². The Bertz CT molecular complexity index is 1760. The number of nitrogens with one attached hydrogen (secondary N) is 1. The molecular weight excluding hydrogens is 570 g/mol. The molecule has 0 saturated heterocycles. The number of carbonyl (C=O) groups excluding carboxylic acids is 2. The number of aromatic carboxylic acids is 1. The van der Waals surface area contributed by atoms with Gasteiger partial charge < -0.3 is 19.9 Å². The number of amides is 1. The van der Waals surface area contributed by atoms with Crippen molar-refractivity contribution < 1.29 is 29.0 Å². The van der Waals surface area contributed by atoms with Crippen LogP contribution in [0.15, 0.2) is 63.8 Å². The first kappa shape index (κ1) is 31.9. The van der Waals surface area contributed by atoms with E-state index < -0.39 is 5.97 Å². The molecule has 45 heavy (non-hydrogen) atoms. The summed E-state index contributed by atoms with van der Waals surface area (Å²) in [4.78, 5) is 49.7. The molecule has 2 aromatic carbocycles. The highest BCUT2D eigenvalue weighted by Gasteiger charge is 2.36. The van der Waals surface area contributed by atoms with Gasteiger partial charge in [-0.2, -0.15) is 0 Å². The largest absolute Gasteiger partial charge is 0.508 e. The Morgan fingerprint density at radius 2 is 1.67 bits per heavy atom. The molecule has 0 spiro atoms. The van der Waals surface area contributed by atoms with Gasteiger partial charge in [0.2, 0.25) is 0 Å². The Morgan fingerprint density at radius 3 is 2.40 bits per heavy atom. The summed E-state index contributed by atoms with van der Waals surface area (Å²) in [5, 5.41) is 23.6. The highest BCUT2D eigenvalue weighted by atomic mass is 16.4. The fourth-order valence-electron chi connectivity index (χ4n) is 6.33. The molecule has 0 bridgehead atoms. The minimum absolute atomic E-state index is 0.0369. The molecule has 5 rings (SSSR count). The lowest BCUT2D eigenvalue weighted by atomic mass is 9.62. The molecular formula is C37H41NO7. The number of carbonyl (C=O) groups is 3. The van der Waals surface area contributed by atoms with E-state index in [9.17, 15) is 29.4 Å². The van der Waals surface area contributed by atoms with Gasteiger partial charge in [-0.3, -0.25) is 14.4 Å². The van der Waals surface area contributed by atoms with E-state index in [0.717, 1.165) is 31.6 Å². The quantitative estimate of drug-likeness (QED) is 0.110. The van der Waals surface area contributed by atoms with Crippen LogP contribution in [-0.4, -0.2) is 34.4 Å². The maximum Gasteiger partial charge on any atom is 0.336 e. The van der Waals surface area contributed by atoms with Crippen LogP contribution in [0.4, 0.5) is 0 Å². The number of ketones is 1. The zero-order valence-corrected chi connectivity index (χ0v) is 26.2. The number of benzene rings is 3. The van der Waals surface area contributed by atoms with Crippen LogP contribution in [-0.2, 0) is 4.79 Å². The number of phenols is 1. The summed E-state index contributed by atoms with van der Waals surface area (Å²) < 4.78 is 5.87. The highest BCUT2D eigenvalue weighted by molar-refractivity contribution is 6.09. The standard InChI is InChI=1S/C37H41NO7/c1-37(2,3)24-17-22(18-24)8-10-25(39)7-5-4-6-16-38-35(42)23-9-13-28(31(19-23)36(43)44)34-29-14-11-26(40)20-32(29)45-33-21-27(41)12-15-30(33)34/h9,11-15,19-22,24,40H,4-8,10,16-18H2,1-3H3,(H,38,42)(H,43,44). The number of unbranched alkanes of at least 4 members (excludes halogenated alkanes) is 2. The topological polar surface area (TPSA) is 134 Å². The number of fused-ring (bicyclic) bond motifs is 2. The second kappa shape index (κ2) is 13.3. The summed E-state index contributed by atoms with van der Waals surface area (Å²) in [7, 11) is 0. The summed E-state index contributed by atoms with van der Waals surface area (Å²) in [5.41, 5.74) is 1.91. The minimum atomic E-state index is -1.21. The summed E-state index contributed by atoms with van der Waals surface area (Å²) in [6.07, 6.45) is 7.02. The van der Waals surface area contributed by atoms with Gasteiger partial charge in [0.15, 0.2) is 5.43 Å². The van der Waals surface area contributed by atoms with Crippen molar-refractivity contribution in [3.8, 4) is 28.2 Å². The third-order valence-electron chi connectivity index (χ3n) is 9.17. The SMILES string of the molecule is CC(C)(C)C1CC(CCC(=O)CCCCCNC(=O)c2ccc(-c3c4ccc(=O)cc-4oc4cc(O)ccc34)c(C(=O)O)c2)C1. The fourth-order valence-corrected chi connectivity index (χ4v) is 6.33. The van der Waals surface area contributed by atoms with Gasteiger partial charge in [0.25, 0.3) is 5.91 Å². The monoisotopic (exact) mass is 611 g/mol. The van der Waals surface area contributed by atoms with Gasteiger partial charge in [-0.25, -0.2) is 4.79 Å². The van der Waals surface area contributed by atoms with E-state index in [1.807, 2.05) is 0 Å². The minimum Gasteiger partial charge on any atom is -0.508 e. The van der Waals surface area contributed by atoms with Crippen LogP contribution in [0.3, 0.4) is 0 Å². The lowest BCUT2D eigenvalue weighted by molar-refractivity contribution is -0.119. The normalized spacial score (nSPS) is 16.4. The van der Waals surface area contributed by atoms with Crippen LogP contribution in [0.25, 0.3) is 33.4 Å². The van der Waals surface area contributed by atoms with E-state index in [1.54, 1.807) is 24.3 Å². The summed E-state index contributed by atoms with van der Waals surface area (Å²) in [6, 6.07) is 13.3. The van der Waals surface area contributed by atoms with Crippen molar-refractivity contribution in [2.45, 2.75) is 72.1 Å². The number of carboxylic acids is 1. The van der Waals surface area contributed by atoms with Gasteiger partial charge in [-0.15, -0.1) is 0 Å². The molecule has 0 unspecified atom stereocenters. The maximum absolute atomic E-state index is 12.9. The number of aromatic hydroxyl groups is 1. The van der Waals surface area contributed by atoms with Crippen molar-refractivity contribution in [1.29, 1.82) is 0 Å². The number of rotatable bonds is 12. The van der Waals surface area contributed by atoms with Gasteiger partial charge in [0, 0.05) is 53.6 Å². The molecule has 0 atom stereocenters. The molecule has 1 aliphatic heterocycles. The van der Waals surface area contributed by atoms with Gasteiger partial charge >= 0.3 is 5.97 Å². The van der Waals surface area contributed by atoms with Crippen LogP contribution in [0, 0.1) is 17.3 Å². The van der Waals surface area contributed by atoms with Gasteiger partial charge in [0.1, 0.15) is 22.9 Å². The number of Topliss-reactive ketones (excluding diaryl/α,β-unsaturated/α-hetero) is 1. The van der Waals surface area contributed by atoms with Gasteiger partial charge in [-0.1, -0.05) is 33.3 Å². The Hall–Kier alpha value is -4.46. The molecule has 0 aromatic heterocycles. The highest BCUT2D eigenvalue weighted by Crippen LogP contribution is 2.47. The van der Waals surface area contributed by atoms with Crippen LogP contribution < -0.4 is 10.7 Å². The smallest absolute Gasteiger partial charge is 0.336 e. The average Bonchev–Trinajstić information content (AvgIpc) is 2.95. The maximum atomic E-state index is 12.9. The van der Waals surface area contributed by atoms with Crippen molar-refractivity contribution in [3.63, 3.8) is 0 Å². The first-order valence-corrected chi connectivity index (χ1v) is 15.8. The van der Waals surface area contributed by atoms with Gasteiger partial charge in [-0.05, 0) is 91.3 Å². The molecule has 1 amide bonds. The van der Waals surface area contributed by atoms with E-state index in [1.165, 1.54) is 43.2 Å². The average molecular weight is 612 g/mol. The lowest BCUT2D eigenvalue weighted by Crippen LogP contribution is -2.34. The zero-order valence-electron chi connectivity index (χ0n) is 26.2. The molecule has 8 heteroatoms. The number of carboxylic acid groups (broad SMARTS) is 1. The van der Waals surface area contributed by atoms with E-state index in [2.05, 4.69) is 26.1 Å². The number of hydrogen-bond acceptors (Lipinski definition) is 6. The lowest BCUT2D eigenvalue weighted by Gasteiger charge is -2.44. The molecule has 1 heterocycles. The van der Waals surface area contributed by atoms with Crippen LogP contribution in [0.1, 0.15) is 92.9 Å². The molecule has 2 aromatic rings. The Balaban J connectivity index is 1.18. The third-order valence-corrected chi connectivity index (χ3v) is 9.17. The first-order valence-electron chi connectivity index (χ1n) is 15.8. The molecule has 8 nitrogen and oxygen atoms in total. The fraction of sp³-hybridized carbons (Fsp3) is 0.405. The van der Waals surface area contributed by atoms with Crippen LogP contribution in [0.2, 0.25) is 0 Å². The second-order valence-electron chi connectivity index (χ2n) is 13.4.